The van der Waals surface area contributed by atoms with Gasteiger partial charge in [-0.05, 0) is 37.5 Å². The topological polar surface area (TPSA) is 75.6 Å². The van der Waals surface area contributed by atoms with E-state index in [0.29, 0.717) is 12.8 Å². The van der Waals surface area contributed by atoms with Crippen LogP contribution in [0, 0.1) is 12.7 Å². The highest BCUT2D eigenvalue weighted by molar-refractivity contribution is 5.87. The molecule has 6 heteroatoms. The van der Waals surface area contributed by atoms with Gasteiger partial charge in [0.05, 0.1) is 0 Å². The second kappa shape index (κ2) is 6.77. The summed E-state index contributed by atoms with van der Waals surface area (Å²) in [5, 5.41) is 11.9. The zero-order valence-electron chi connectivity index (χ0n) is 12.5. The third-order valence-corrected chi connectivity index (χ3v) is 3.94. The summed E-state index contributed by atoms with van der Waals surface area (Å²) in [6, 6.07) is 4.36. The van der Waals surface area contributed by atoms with E-state index in [1.807, 2.05) is 0 Å². The summed E-state index contributed by atoms with van der Waals surface area (Å²) >= 11 is 0. The summed E-state index contributed by atoms with van der Waals surface area (Å²) in [6.45, 7) is 1.38. The van der Waals surface area contributed by atoms with Gasteiger partial charge in [0.25, 0.3) is 5.91 Å². The molecule has 0 bridgehead atoms. The molecule has 1 aromatic carbocycles. The minimum Gasteiger partial charge on any atom is -0.481 e. The van der Waals surface area contributed by atoms with Gasteiger partial charge in [-0.3, -0.25) is 4.79 Å². The molecule has 1 aromatic rings. The average Bonchev–Trinajstić information content (AvgIpc) is 2.49. The van der Waals surface area contributed by atoms with Gasteiger partial charge in [-0.1, -0.05) is 25.3 Å². The monoisotopic (exact) mass is 309 g/mol. The molecule has 22 heavy (non-hydrogen) atoms. The van der Waals surface area contributed by atoms with Crippen LogP contribution in [-0.4, -0.2) is 29.1 Å². The summed E-state index contributed by atoms with van der Waals surface area (Å²) in [5.74, 6) is -2.14. The highest BCUT2D eigenvalue weighted by Gasteiger charge is 2.40. The van der Waals surface area contributed by atoms with Crippen molar-refractivity contribution in [3.63, 3.8) is 0 Å². The molecule has 120 valence electrons. The van der Waals surface area contributed by atoms with Crippen molar-refractivity contribution in [1.82, 2.24) is 5.32 Å². The molecule has 2 rings (SSSR count). The molecule has 0 aromatic heterocycles. The molecule has 1 amide bonds. The van der Waals surface area contributed by atoms with Crippen LogP contribution in [0.3, 0.4) is 0 Å². The van der Waals surface area contributed by atoms with Gasteiger partial charge < -0.3 is 15.2 Å². The van der Waals surface area contributed by atoms with Crippen molar-refractivity contribution >= 4 is 11.9 Å². The van der Waals surface area contributed by atoms with Crippen LogP contribution in [-0.2, 0) is 9.59 Å². The van der Waals surface area contributed by atoms with Crippen LogP contribution in [0.1, 0.15) is 37.7 Å². The van der Waals surface area contributed by atoms with Crippen LogP contribution >= 0.6 is 0 Å². The van der Waals surface area contributed by atoms with E-state index in [2.05, 4.69) is 5.32 Å². The molecule has 0 radical (unpaired) electrons. The molecular formula is C16H20FNO4. The Labute approximate surface area is 128 Å². The predicted octanol–water partition coefficient (Wildman–Crippen LogP) is 2.42. The third kappa shape index (κ3) is 3.75. The number of nitrogens with one attached hydrogen (secondary N) is 1. The Morgan fingerprint density at radius 3 is 2.64 bits per heavy atom. The van der Waals surface area contributed by atoms with Gasteiger partial charge in [0.2, 0.25) is 0 Å². The number of carboxylic acids is 1. The van der Waals surface area contributed by atoms with Crippen molar-refractivity contribution in [2.24, 2.45) is 0 Å². The Morgan fingerprint density at radius 1 is 1.32 bits per heavy atom. The predicted molar refractivity (Wildman–Crippen MR) is 78.2 cm³/mol. The van der Waals surface area contributed by atoms with Gasteiger partial charge in [0, 0.05) is 0 Å². The SMILES string of the molecule is Cc1ccc(F)c(OCC(=O)NC2(C(=O)O)CCCCC2)c1. The fraction of sp³-hybridized carbons (Fsp3) is 0.500. The first kappa shape index (κ1) is 16.3. The Morgan fingerprint density at radius 2 is 2.00 bits per heavy atom. The summed E-state index contributed by atoms with van der Waals surface area (Å²) in [6.07, 6.45) is 3.32. The zero-order valence-corrected chi connectivity index (χ0v) is 12.5. The van der Waals surface area contributed by atoms with E-state index < -0.39 is 29.8 Å². The van der Waals surface area contributed by atoms with Crippen LogP contribution < -0.4 is 10.1 Å². The molecule has 0 unspecified atom stereocenters. The van der Waals surface area contributed by atoms with E-state index >= 15 is 0 Å². The second-order valence-electron chi connectivity index (χ2n) is 5.72. The Bertz CT molecular complexity index is 567. The summed E-state index contributed by atoms with van der Waals surface area (Å²) in [4.78, 5) is 23.4. The maximum absolute atomic E-state index is 13.5. The fourth-order valence-corrected chi connectivity index (χ4v) is 2.72. The third-order valence-electron chi connectivity index (χ3n) is 3.94. The van der Waals surface area contributed by atoms with Gasteiger partial charge in [-0.15, -0.1) is 0 Å². The lowest BCUT2D eigenvalue weighted by molar-refractivity contribution is -0.149. The van der Waals surface area contributed by atoms with Gasteiger partial charge in [0.1, 0.15) is 5.54 Å². The van der Waals surface area contributed by atoms with E-state index in [1.54, 1.807) is 13.0 Å². The number of halogens is 1. The molecule has 5 nitrogen and oxygen atoms in total. The number of hydrogen-bond donors (Lipinski definition) is 2. The van der Waals surface area contributed by atoms with E-state index in [0.717, 1.165) is 24.8 Å². The molecule has 0 spiro atoms. The quantitative estimate of drug-likeness (QED) is 0.876. The van der Waals surface area contributed by atoms with Crippen LogP contribution in [0.2, 0.25) is 0 Å². The van der Waals surface area contributed by atoms with Crippen LogP contribution in [0.15, 0.2) is 18.2 Å². The minimum atomic E-state index is -1.22. The van der Waals surface area contributed by atoms with Crippen LogP contribution in [0.5, 0.6) is 5.75 Å². The smallest absolute Gasteiger partial charge is 0.329 e. The molecule has 0 saturated heterocycles. The highest BCUT2D eigenvalue weighted by atomic mass is 19.1. The zero-order chi connectivity index (χ0) is 16.2. The lowest BCUT2D eigenvalue weighted by atomic mass is 9.81. The Kier molecular flexibility index (Phi) is 5.00. The lowest BCUT2D eigenvalue weighted by Crippen LogP contribution is -2.56. The summed E-state index contributed by atoms with van der Waals surface area (Å²) < 4.78 is 18.7. The summed E-state index contributed by atoms with van der Waals surface area (Å²) in [7, 11) is 0. The summed E-state index contributed by atoms with van der Waals surface area (Å²) in [5.41, 5.74) is -0.407. The number of aliphatic carboxylic acids is 1. The van der Waals surface area contributed by atoms with E-state index in [4.69, 9.17) is 4.74 Å². The van der Waals surface area contributed by atoms with E-state index in [9.17, 15) is 19.1 Å². The van der Waals surface area contributed by atoms with Crippen molar-refractivity contribution < 1.29 is 23.8 Å². The number of carboxylic acid groups (broad SMARTS) is 1. The van der Waals surface area contributed by atoms with E-state index in [1.165, 1.54) is 12.1 Å². The normalized spacial score (nSPS) is 16.8. The molecule has 1 fully saturated rings. The number of ether oxygens (including phenoxy) is 1. The lowest BCUT2D eigenvalue weighted by Gasteiger charge is -2.33. The highest BCUT2D eigenvalue weighted by Crippen LogP contribution is 2.28. The fourth-order valence-electron chi connectivity index (χ4n) is 2.72. The maximum atomic E-state index is 13.5. The number of rotatable bonds is 5. The molecule has 0 atom stereocenters. The maximum Gasteiger partial charge on any atom is 0.329 e. The number of benzene rings is 1. The van der Waals surface area contributed by atoms with Crippen molar-refractivity contribution in [2.75, 3.05) is 6.61 Å². The first-order valence-electron chi connectivity index (χ1n) is 7.36. The average molecular weight is 309 g/mol. The molecule has 1 aliphatic rings. The molecule has 1 saturated carbocycles. The first-order chi connectivity index (χ1) is 10.4. The number of hydrogen-bond acceptors (Lipinski definition) is 3. The molecule has 1 aliphatic carbocycles. The minimum absolute atomic E-state index is 0.0110. The van der Waals surface area contributed by atoms with Crippen molar-refractivity contribution in [2.45, 2.75) is 44.6 Å². The van der Waals surface area contributed by atoms with E-state index in [-0.39, 0.29) is 5.75 Å². The molecule has 0 heterocycles. The van der Waals surface area contributed by atoms with Crippen LogP contribution in [0.25, 0.3) is 0 Å². The van der Waals surface area contributed by atoms with Gasteiger partial charge in [-0.2, -0.15) is 0 Å². The Balaban J connectivity index is 1.97. The largest absolute Gasteiger partial charge is 0.481 e. The second-order valence-corrected chi connectivity index (χ2v) is 5.72. The first-order valence-corrected chi connectivity index (χ1v) is 7.36. The van der Waals surface area contributed by atoms with Crippen molar-refractivity contribution in [3.05, 3.63) is 29.6 Å². The molecular weight excluding hydrogens is 289 g/mol. The number of carbonyl (C=O) groups excluding carboxylic acids is 1. The van der Waals surface area contributed by atoms with Gasteiger partial charge in [-0.25, -0.2) is 9.18 Å². The van der Waals surface area contributed by atoms with Crippen molar-refractivity contribution in [3.8, 4) is 5.75 Å². The standard InChI is InChI=1S/C16H20FNO4/c1-11-5-6-12(17)13(9-11)22-10-14(19)18-16(15(20)21)7-3-2-4-8-16/h5-6,9H,2-4,7-8,10H2,1H3,(H,18,19)(H,20,21). The van der Waals surface area contributed by atoms with Crippen molar-refractivity contribution in [1.29, 1.82) is 0 Å². The molecule has 0 aliphatic heterocycles. The number of amides is 1. The van der Waals surface area contributed by atoms with Gasteiger partial charge >= 0.3 is 5.97 Å². The number of aryl methyl sites for hydroxylation is 1. The van der Waals surface area contributed by atoms with Gasteiger partial charge in [0.15, 0.2) is 18.2 Å². The number of carbonyl (C=O) groups is 2. The van der Waals surface area contributed by atoms with Crippen LogP contribution in [0.4, 0.5) is 4.39 Å². The Hall–Kier alpha value is -2.11. The molecule has 2 N–H and O–H groups in total.